The number of aliphatic hydroxyl groups is 1. The lowest BCUT2D eigenvalue weighted by Crippen LogP contribution is -2.19. The van der Waals surface area contributed by atoms with Crippen LogP contribution in [0.4, 0.5) is 18.9 Å². The first-order chi connectivity index (χ1) is 6.85. The number of anilines is 1. The smallest absolute Gasteiger partial charge is 0.403 e. The first kappa shape index (κ1) is 12.1. The molecule has 0 atom stereocenters. The summed E-state index contributed by atoms with van der Waals surface area (Å²) in [6.45, 7) is -0.580. The molecule has 0 aromatic heterocycles. The van der Waals surface area contributed by atoms with Crippen LogP contribution in [0.25, 0.3) is 0 Å². The van der Waals surface area contributed by atoms with E-state index in [0.717, 1.165) is 0 Å². The maximum absolute atomic E-state index is 12.0. The van der Waals surface area contributed by atoms with Crippen molar-refractivity contribution in [2.24, 2.45) is 0 Å². The predicted molar refractivity (Wildman–Crippen MR) is 51.2 cm³/mol. The van der Waals surface area contributed by atoms with Gasteiger partial charge >= 0.3 is 6.36 Å². The predicted octanol–water partition coefficient (Wildman–Crippen LogP) is 2.42. The zero-order chi connectivity index (χ0) is 11.6. The number of alkyl halides is 3. The van der Waals surface area contributed by atoms with Crippen molar-refractivity contribution in [2.75, 3.05) is 5.73 Å². The van der Waals surface area contributed by atoms with E-state index in [1.54, 1.807) is 0 Å². The van der Waals surface area contributed by atoms with E-state index < -0.39 is 18.7 Å². The largest absolute Gasteiger partial charge is 0.573 e. The summed E-state index contributed by atoms with van der Waals surface area (Å²) in [6, 6.07) is 2.73. The molecule has 0 aliphatic heterocycles. The van der Waals surface area contributed by atoms with Crippen molar-refractivity contribution in [1.82, 2.24) is 0 Å². The summed E-state index contributed by atoms with van der Waals surface area (Å²) in [6.07, 6.45) is -4.83. The van der Waals surface area contributed by atoms with E-state index in [9.17, 15) is 13.2 Å². The van der Waals surface area contributed by atoms with Crippen LogP contribution in [-0.4, -0.2) is 11.5 Å². The second-order valence-electron chi connectivity index (χ2n) is 2.66. The summed E-state index contributed by atoms with van der Waals surface area (Å²) in [5, 5.41) is 8.81. The fourth-order valence-corrected chi connectivity index (χ4v) is 1.29. The van der Waals surface area contributed by atoms with Gasteiger partial charge in [0.2, 0.25) is 0 Å². The van der Waals surface area contributed by atoms with Crippen LogP contribution >= 0.6 is 15.9 Å². The minimum absolute atomic E-state index is 0.0203. The SMILES string of the molecule is Nc1c(Br)ccc(CO)c1OC(F)(F)F. The maximum Gasteiger partial charge on any atom is 0.573 e. The van der Waals surface area contributed by atoms with Crippen LogP contribution in [0.3, 0.4) is 0 Å². The van der Waals surface area contributed by atoms with E-state index in [2.05, 4.69) is 20.7 Å². The van der Waals surface area contributed by atoms with Gasteiger partial charge in [-0.1, -0.05) is 6.07 Å². The number of rotatable bonds is 2. The Morgan fingerprint density at radius 2 is 2.00 bits per heavy atom. The van der Waals surface area contributed by atoms with Gasteiger partial charge < -0.3 is 15.6 Å². The zero-order valence-corrected chi connectivity index (χ0v) is 8.89. The molecule has 3 N–H and O–H groups in total. The van der Waals surface area contributed by atoms with Crippen LogP contribution in [-0.2, 0) is 6.61 Å². The minimum atomic E-state index is -4.83. The quantitative estimate of drug-likeness (QED) is 0.821. The lowest BCUT2D eigenvalue weighted by Gasteiger charge is -2.15. The number of benzene rings is 1. The number of nitrogen functional groups attached to an aromatic ring is 1. The van der Waals surface area contributed by atoms with Gasteiger partial charge in [0.25, 0.3) is 0 Å². The highest BCUT2D eigenvalue weighted by atomic mass is 79.9. The molecular formula is C8H7BrF3NO2. The van der Waals surface area contributed by atoms with Gasteiger partial charge in [-0.15, -0.1) is 13.2 Å². The Labute approximate surface area is 91.8 Å². The number of aliphatic hydroxyl groups excluding tert-OH is 1. The fourth-order valence-electron chi connectivity index (χ4n) is 0.981. The average Bonchev–Trinajstić information content (AvgIpc) is 2.11. The monoisotopic (exact) mass is 285 g/mol. The Hall–Kier alpha value is -0.950. The molecule has 1 aromatic rings. The van der Waals surface area contributed by atoms with E-state index >= 15 is 0 Å². The molecule has 0 fully saturated rings. The molecule has 84 valence electrons. The molecular weight excluding hydrogens is 279 g/mol. The Bertz CT molecular complexity index is 368. The summed E-state index contributed by atoms with van der Waals surface area (Å²) in [4.78, 5) is 0. The average molecular weight is 286 g/mol. The number of hydrogen-bond donors (Lipinski definition) is 2. The molecule has 0 spiro atoms. The first-order valence-corrected chi connectivity index (χ1v) is 4.58. The molecule has 0 amide bonds. The molecule has 15 heavy (non-hydrogen) atoms. The number of ether oxygens (including phenoxy) is 1. The second-order valence-corrected chi connectivity index (χ2v) is 3.51. The van der Waals surface area contributed by atoms with Crippen molar-refractivity contribution in [2.45, 2.75) is 13.0 Å². The van der Waals surface area contributed by atoms with Crippen molar-refractivity contribution in [3.8, 4) is 5.75 Å². The van der Waals surface area contributed by atoms with Crippen LogP contribution in [0.5, 0.6) is 5.75 Å². The third kappa shape index (κ3) is 3.00. The molecule has 0 saturated carbocycles. The van der Waals surface area contributed by atoms with Crippen molar-refractivity contribution >= 4 is 21.6 Å². The van der Waals surface area contributed by atoms with Crippen molar-refractivity contribution in [3.63, 3.8) is 0 Å². The molecule has 0 aliphatic rings. The molecule has 0 bridgehead atoms. The van der Waals surface area contributed by atoms with Gasteiger partial charge in [-0.25, -0.2) is 0 Å². The van der Waals surface area contributed by atoms with Gasteiger partial charge in [0.15, 0.2) is 5.75 Å². The molecule has 0 saturated heterocycles. The van der Waals surface area contributed by atoms with Gasteiger partial charge in [0.1, 0.15) is 0 Å². The molecule has 1 rings (SSSR count). The van der Waals surface area contributed by atoms with Gasteiger partial charge in [0.05, 0.1) is 12.3 Å². The van der Waals surface area contributed by atoms with E-state index in [4.69, 9.17) is 10.8 Å². The highest BCUT2D eigenvalue weighted by molar-refractivity contribution is 9.10. The molecule has 0 heterocycles. The van der Waals surface area contributed by atoms with Crippen LogP contribution in [0.1, 0.15) is 5.56 Å². The Balaban J connectivity index is 3.18. The van der Waals surface area contributed by atoms with Gasteiger partial charge in [0, 0.05) is 10.0 Å². The summed E-state index contributed by atoms with van der Waals surface area (Å²) in [5.41, 5.74) is 5.17. The summed E-state index contributed by atoms with van der Waals surface area (Å²) in [5.74, 6) is -0.570. The van der Waals surface area contributed by atoms with Crippen molar-refractivity contribution < 1.29 is 23.0 Å². The lowest BCUT2D eigenvalue weighted by atomic mass is 10.2. The van der Waals surface area contributed by atoms with Crippen molar-refractivity contribution in [1.29, 1.82) is 0 Å². The van der Waals surface area contributed by atoms with Crippen LogP contribution in [0, 0.1) is 0 Å². The third-order valence-corrected chi connectivity index (χ3v) is 2.30. The Morgan fingerprint density at radius 1 is 1.40 bits per heavy atom. The van der Waals surface area contributed by atoms with E-state index in [1.807, 2.05) is 0 Å². The van der Waals surface area contributed by atoms with Gasteiger partial charge in [-0.3, -0.25) is 0 Å². The van der Waals surface area contributed by atoms with Gasteiger partial charge in [-0.05, 0) is 22.0 Å². The van der Waals surface area contributed by atoms with Crippen molar-refractivity contribution in [3.05, 3.63) is 22.2 Å². The highest BCUT2D eigenvalue weighted by Crippen LogP contribution is 2.36. The number of hydrogen-bond acceptors (Lipinski definition) is 3. The molecule has 3 nitrogen and oxygen atoms in total. The molecule has 7 heteroatoms. The maximum atomic E-state index is 12.0. The van der Waals surface area contributed by atoms with E-state index in [-0.39, 0.29) is 15.7 Å². The highest BCUT2D eigenvalue weighted by Gasteiger charge is 2.33. The molecule has 0 unspecified atom stereocenters. The number of halogens is 4. The Kier molecular flexibility index (Phi) is 3.46. The third-order valence-electron chi connectivity index (χ3n) is 1.61. The summed E-state index contributed by atoms with van der Waals surface area (Å²) in [7, 11) is 0. The van der Waals surface area contributed by atoms with Crippen LogP contribution < -0.4 is 10.5 Å². The molecule has 0 radical (unpaired) electrons. The second kappa shape index (κ2) is 4.28. The normalized spacial score (nSPS) is 11.5. The minimum Gasteiger partial charge on any atom is -0.403 e. The molecule has 0 aliphatic carbocycles. The van der Waals surface area contributed by atoms with Crippen LogP contribution in [0.15, 0.2) is 16.6 Å². The van der Waals surface area contributed by atoms with Crippen LogP contribution in [0.2, 0.25) is 0 Å². The van der Waals surface area contributed by atoms with E-state index in [1.165, 1.54) is 12.1 Å². The topological polar surface area (TPSA) is 55.5 Å². The Morgan fingerprint density at radius 3 is 2.47 bits per heavy atom. The molecule has 1 aromatic carbocycles. The summed E-state index contributed by atoms with van der Waals surface area (Å²) < 4.78 is 40.0. The standard InChI is InChI=1S/C8H7BrF3NO2/c9-5-2-1-4(3-14)7(6(5)13)15-8(10,11)12/h1-2,14H,3,13H2. The summed E-state index contributed by atoms with van der Waals surface area (Å²) >= 11 is 2.96. The first-order valence-electron chi connectivity index (χ1n) is 3.78. The van der Waals surface area contributed by atoms with Gasteiger partial charge in [-0.2, -0.15) is 0 Å². The lowest BCUT2D eigenvalue weighted by molar-refractivity contribution is -0.274. The fraction of sp³-hybridized carbons (Fsp3) is 0.250. The zero-order valence-electron chi connectivity index (χ0n) is 7.31. The number of nitrogens with two attached hydrogens (primary N) is 1. The van der Waals surface area contributed by atoms with E-state index in [0.29, 0.717) is 0 Å².